The lowest BCUT2D eigenvalue weighted by Gasteiger charge is -2.15. The zero-order valence-corrected chi connectivity index (χ0v) is 12.5. The summed E-state index contributed by atoms with van der Waals surface area (Å²) in [7, 11) is 1.83. The fourth-order valence-corrected chi connectivity index (χ4v) is 1.90. The third-order valence-electron chi connectivity index (χ3n) is 3.23. The maximum Gasteiger partial charge on any atom is 0.227 e. The van der Waals surface area contributed by atoms with Crippen molar-refractivity contribution in [1.82, 2.24) is 20.0 Å². The van der Waals surface area contributed by atoms with Crippen molar-refractivity contribution in [3.63, 3.8) is 0 Å². The van der Waals surface area contributed by atoms with Crippen molar-refractivity contribution in [1.29, 1.82) is 0 Å². The van der Waals surface area contributed by atoms with Crippen LogP contribution in [0.1, 0.15) is 32.1 Å². The van der Waals surface area contributed by atoms with Crippen LogP contribution in [0.4, 0.5) is 0 Å². The SMILES string of the molecule is CCCCN(C)C(=O)CCc1nc(-c2ccncc2)no1. The number of hydrogen-bond acceptors (Lipinski definition) is 5. The lowest BCUT2D eigenvalue weighted by Crippen LogP contribution is -2.27. The first-order chi connectivity index (χ1) is 10.2. The van der Waals surface area contributed by atoms with Crippen molar-refractivity contribution in [3.8, 4) is 11.4 Å². The van der Waals surface area contributed by atoms with Crippen molar-refractivity contribution in [2.45, 2.75) is 32.6 Å². The minimum Gasteiger partial charge on any atom is -0.346 e. The molecule has 0 aliphatic heterocycles. The van der Waals surface area contributed by atoms with Crippen molar-refractivity contribution >= 4 is 5.91 Å². The van der Waals surface area contributed by atoms with Gasteiger partial charge in [-0.05, 0) is 18.6 Å². The van der Waals surface area contributed by atoms with Crippen LogP contribution in [0.25, 0.3) is 11.4 Å². The number of carbonyl (C=O) groups is 1. The molecule has 2 rings (SSSR count). The van der Waals surface area contributed by atoms with Gasteiger partial charge in [0.05, 0.1) is 0 Å². The smallest absolute Gasteiger partial charge is 0.227 e. The summed E-state index contributed by atoms with van der Waals surface area (Å²) in [6.45, 7) is 2.90. The van der Waals surface area contributed by atoms with Gasteiger partial charge in [0.15, 0.2) is 0 Å². The maximum absolute atomic E-state index is 11.9. The maximum atomic E-state index is 11.9. The second kappa shape index (κ2) is 7.52. The molecule has 0 N–H and O–H groups in total. The van der Waals surface area contributed by atoms with E-state index in [0.29, 0.717) is 24.6 Å². The first-order valence-corrected chi connectivity index (χ1v) is 7.17. The Hall–Kier alpha value is -2.24. The molecule has 0 radical (unpaired) electrons. The standard InChI is InChI=1S/C15H20N4O2/c1-3-4-11-19(2)14(20)6-5-13-17-15(18-21-13)12-7-9-16-10-8-12/h7-10H,3-6,11H2,1-2H3. The number of hydrogen-bond donors (Lipinski definition) is 0. The molecule has 0 fully saturated rings. The number of amides is 1. The summed E-state index contributed by atoms with van der Waals surface area (Å²) in [5.41, 5.74) is 0.853. The number of aromatic nitrogens is 3. The Labute approximate surface area is 124 Å². The molecule has 0 atom stereocenters. The Morgan fingerprint density at radius 2 is 2.10 bits per heavy atom. The van der Waals surface area contributed by atoms with E-state index in [1.165, 1.54) is 0 Å². The van der Waals surface area contributed by atoms with Gasteiger partial charge < -0.3 is 9.42 Å². The van der Waals surface area contributed by atoms with Gasteiger partial charge in [-0.25, -0.2) is 0 Å². The molecular formula is C15H20N4O2. The van der Waals surface area contributed by atoms with E-state index >= 15 is 0 Å². The molecule has 0 unspecified atom stereocenters. The highest BCUT2D eigenvalue weighted by atomic mass is 16.5. The number of nitrogens with zero attached hydrogens (tertiary/aromatic N) is 4. The van der Waals surface area contributed by atoms with E-state index < -0.39 is 0 Å². The van der Waals surface area contributed by atoms with Crippen LogP contribution in [0.5, 0.6) is 0 Å². The highest BCUT2D eigenvalue weighted by Gasteiger charge is 2.12. The molecule has 6 nitrogen and oxygen atoms in total. The highest BCUT2D eigenvalue weighted by Crippen LogP contribution is 2.14. The summed E-state index contributed by atoms with van der Waals surface area (Å²) in [4.78, 5) is 21.9. The van der Waals surface area contributed by atoms with E-state index in [0.717, 1.165) is 24.9 Å². The Balaban J connectivity index is 1.87. The van der Waals surface area contributed by atoms with Gasteiger partial charge in [-0.15, -0.1) is 0 Å². The van der Waals surface area contributed by atoms with Crippen LogP contribution < -0.4 is 0 Å². The number of pyridine rings is 1. The Morgan fingerprint density at radius 3 is 2.81 bits per heavy atom. The first-order valence-electron chi connectivity index (χ1n) is 7.17. The molecule has 2 aromatic heterocycles. The fraction of sp³-hybridized carbons (Fsp3) is 0.467. The normalized spacial score (nSPS) is 10.6. The second-order valence-electron chi connectivity index (χ2n) is 4.92. The van der Waals surface area contributed by atoms with Gasteiger partial charge in [-0.2, -0.15) is 4.98 Å². The summed E-state index contributed by atoms with van der Waals surface area (Å²) in [6, 6.07) is 3.64. The summed E-state index contributed by atoms with van der Waals surface area (Å²) in [5, 5.41) is 3.92. The molecule has 0 aliphatic carbocycles. The van der Waals surface area contributed by atoms with Gasteiger partial charge in [0.25, 0.3) is 0 Å². The molecule has 2 aromatic rings. The molecule has 1 amide bonds. The van der Waals surface area contributed by atoms with Crippen LogP contribution in [0.15, 0.2) is 29.0 Å². The fourth-order valence-electron chi connectivity index (χ4n) is 1.90. The summed E-state index contributed by atoms with van der Waals surface area (Å²) >= 11 is 0. The monoisotopic (exact) mass is 288 g/mol. The van der Waals surface area contributed by atoms with Gasteiger partial charge in [0, 0.05) is 44.4 Å². The van der Waals surface area contributed by atoms with Crippen LogP contribution in [0.3, 0.4) is 0 Å². The Bertz CT molecular complexity index is 568. The highest BCUT2D eigenvalue weighted by molar-refractivity contribution is 5.76. The molecule has 21 heavy (non-hydrogen) atoms. The van der Waals surface area contributed by atoms with Crippen molar-refractivity contribution in [2.24, 2.45) is 0 Å². The molecule has 0 saturated heterocycles. The van der Waals surface area contributed by atoms with Crippen LogP contribution >= 0.6 is 0 Å². The predicted molar refractivity (Wildman–Crippen MR) is 78.4 cm³/mol. The third-order valence-corrected chi connectivity index (χ3v) is 3.23. The second-order valence-corrected chi connectivity index (χ2v) is 4.92. The molecular weight excluding hydrogens is 268 g/mol. The van der Waals surface area contributed by atoms with Gasteiger partial charge in [-0.1, -0.05) is 18.5 Å². The van der Waals surface area contributed by atoms with E-state index in [1.807, 2.05) is 19.2 Å². The average molecular weight is 288 g/mol. The molecule has 0 saturated carbocycles. The van der Waals surface area contributed by atoms with Crippen LogP contribution in [0.2, 0.25) is 0 Å². The van der Waals surface area contributed by atoms with E-state index in [1.54, 1.807) is 17.3 Å². The molecule has 0 aromatic carbocycles. The minimum absolute atomic E-state index is 0.104. The van der Waals surface area contributed by atoms with Gasteiger partial charge in [-0.3, -0.25) is 9.78 Å². The Morgan fingerprint density at radius 1 is 1.33 bits per heavy atom. The molecule has 0 bridgehead atoms. The quantitative estimate of drug-likeness (QED) is 0.782. The van der Waals surface area contributed by atoms with Gasteiger partial charge >= 0.3 is 0 Å². The van der Waals surface area contributed by atoms with E-state index in [4.69, 9.17) is 4.52 Å². The lowest BCUT2D eigenvalue weighted by atomic mass is 10.2. The van der Waals surface area contributed by atoms with Gasteiger partial charge in [0.2, 0.25) is 17.6 Å². The van der Waals surface area contributed by atoms with E-state index in [-0.39, 0.29) is 5.91 Å². The molecule has 112 valence electrons. The van der Waals surface area contributed by atoms with E-state index in [2.05, 4.69) is 22.0 Å². The first kappa shape index (κ1) is 15.2. The topological polar surface area (TPSA) is 72.1 Å². The number of carbonyl (C=O) groups excluding carboxylic acids is 1. The molecule has 0 aliphatic rings. The third kappa shape index (κ3) is 4.37. The molecule has 2 heterocycles. The zero-order chi connectivity index (χ0) is 15.1. The number of unbranched alkanes of at least 4 members (excludes halogenated alkanes) is 1. The van der Waals surface area contributed by atoms with Crippen LogP contribution in [-0.2, 0) is 11.2 Å². The molecule has 6 heteroatoms. The summed E-state index contributed by atoms with van der Waals surface area (Å²) in [6.07, 6.45) is 6.31. The minimum atomic E-state index is 0.104. The summed E-state index contributed by atoms with van der Waals surface area (Å²) in [5.74, 6) is 1.12. The largest absolute Gasteiger partial charge is 0.346 e. The summed E-state index contributed by atoms with van der Waals surface area (Å²) < 4.78 is 5.18. The van der Waals surface area contributed by atoms with Crippen molar-refractivity contribution < 1.29 is 9.32 Å². The number of aryl methyl sites for hydroxylation is 1. The van der Waals surface area contributed by atoms with E-state index in [9.17, 15) is 4.79 Å². The zero-order valence-electron chi connectivity index (χ0n) is 12.5. The lowest BCUT2D eigenvalue weighted by molar-refractivity contribution is -0.130. The molecule has 0 spiro atoms. The predicted octanol–water partition coefficient (Wildman–Crippen LogP) is 2.32. The Kier molecular flexibility index (Phi) is 5.43. The average Bonchev–Trinajstić information content (AvgIpc) is 3.00. The van der Waals surface area contributed by atoms with Crippen molar-refractivity contribution in [2.75, 3.05) is 13.6 Å². The van der Waals surface area contributed by atoms with Crippen LogP contribution in [0, 0.1) is 0 Å². The van der Waals surface area contributed by atoms with Gasteiger partial charge in [0.1, 0.15) is 0 Å². The van der Waals surface area contributed by atoms with Crippen LogP contribution in [-0.4, -0.2) is 39.5 Å². The van der Waals surface area contributed by atoms with Crippen molar-refractivity contribution in [3.05, 3.63) is 30.4 Å². The number of rotatable bonds is 7.